The number of hydrazone groups is 1. The van der Waals surface area contributed by atoms with Crippen molar-refractivity contribution >= 4 is 23.7 Å². The Morgan fingerprint density at radius 1 is 1.00 bits per heavy atom. The van der Waals surface area contributed by atoms with Crippen LogP contribution in [0, 0.1) is 0 Å². The van der Waals surface area contributed by atoms with Gasteiger partial charge in [-0.25, -0.2) is 5.43 Å². The highest BCUT2D eigenvalue weighted by Crippen LogP contribution is 2.20. The molecule has 1 heterocycles. The molecular weight excluding hydrogens is 382 g/mol. The average molecular weight is 404 g/mol. The number of carbonyl (C=O) groups is 1. The van der Waals surface area contributed by atoms with Gasteiger partial charge < -0.3 is 0 Å². The molecule has 3 aromatic carbocycles. The van der Waals surface area contributed by atoms with Crippen LogP contribution in [0.1, 0.15) is 32.6 Å². The first-order valence-electron chi connectivity index (χ1n) is 9.64. The van der Waals surface area contributed by atoms with E-state index in [-0.39, 0.29) is 5.91 Å². The van der Waals surface area contributed by atoms with Crippen LogP contribution in [0.4, 0.5) is 0 Å². The fourth-order valence-corrected chi connectivity index (χ4v) is 3.61. The molecule has 1 amide bonds. The molecule has 4 rings (SSSR count). The van der Waals surface area contributed by atoms with Gasteiger partial charge in [-0.05, 0) is 52.9 Å². The van der Waals surface area contributed by atoms with Crippen molar-refractivity contribution in [3.8, 4) is 0 Å². The molecule has 5 heteroatoms. The van der Waals surface area contributed by atoms with E-state index < -0.39 is 0 Å². The van der Waals surface area contributed by atoms with Crippen molar-refractivity contribution in [3.05, 3.63) is 106 Å². The van der Waals surface area contributed by atoms with Crippen LogP contribution >= 0.6 is 11.6 Å². The van der Waals surface area contributed by atoms with E-state index >= 15 is 0 Å². The van der Waals surface area contributed by atoms with Crippen molar-refractivity contribution in [2.45, 2.75) is 19.5 Å². The molecule has 0 saturated heterocycles. The lowest BCUT2D eigenvalue weighted by Crippen LogP contribution is -2.30. The number of hydrogen-bond acceptors (Lipinski definition) is 3. The van der Waals surface area contributed by atoms with E-state index in [0.29, 0.717) is 10.6 Å². The molecule has 0 unspecified atom stereocenters. The zero-order valence-electron chi connectivity index (χ0n) is 16.0. The van der Waals surface area contributed by atoms with Gasteiger partial charge in [0.25, 0.3) is 5.91 Å². The third-order valence-corrected chi connectivity index (χ3v) is 5.33. The molecule has 0 aliphatic carbocycles. The van der Waals surface area contributed by atoms with E-state index in [2.05, 4.69) is 39.7 Å². The summed E-state index contributed by atoms with van der Waals surface area (Å²) in [7, 11) is 0. The maximum Gasteiger partial charge on any atom is 0.271 e. The van der Waals surface area contributed by atoms with Crippen molar-refractivity contribution < 1.29 is 4.79 Å². The van der Waals surface area contributed by atoms with Crippen LogP contribution in [0.3, 0.4) is 0 Å². The predicted octanol–water partition coefficient (Wildman–Crippen LogP) is 4.66. The van der Waals surface area contributed by atoms with Crippen molar-refractivity contribution in [1.82, 2.24) is 10.3 Å². The Bertz CT molecular complexity index is 1010. The zero-order chi connectivity index (χ0) is 20.1. The summed E-state index contributed by atoms with van der Waals surface area (Å²) in [6.07, 6.45) is 2.68. The first kappa shape index (κ1) is 19.4. The van der Waals surface area contributed by atoms with Gasteiger partial charge in [0.15, 0.2) is 0 Å². The second-order valence-corrected chi connectivity index (χ2v) is 7.61. The Kier molecular flexibility index (Phi) is 6.03. The van der Waals surface area contributed by atoms with Gasteiger partial charge in [-0.3, -0.25) is 9.69 Å². The van der Waals surface area contributed by atoms with Gasteiger partial charge in [0.05, 0.1) is 6.21 Å². The minimum Gasteiger partial charge on any atom is -0.294 e. The highest BCUT2D eigenvalue weighted by molar-refractivity contribution is 6.30. The number of rotatable bonds is 5. The summed E-state index contributed by atoms with van der Waals surface area (Å²) in [6, 6.07) is 23.6. The van der Waals surface area contributed by atoms with Crippen molar-refractivity contribution in [2.24, 2.45) is 5.10 Å². The first-order chi connectivity index (χ1) is 14.2. The lowest BCUT2D eigenvalue weighted by molar-refractivity contribution is 0.0955. The second-order valence-electron chi connectivity index (χ2n) is 7.18. The molecule has 0 radical (unpaired) electrons. The first-order valence-corrected chi connectivity index (χ1v) is 10.0. The summed E-state index contributed by atoms with van der Waals surface area (Å²) in [4.78, 5) is 14.7. The van der Waals surface area contributed by atoms with Gasteiger partial charge in [-0.1, -0.05) is 60.1 Å². The molecule has 1 N–H and O–H groups in total. The summed E-state index contributed by atoms with van der Waals surface area (Å²) in [5, 5.41) is 4.68. The van der Waals surface area contributed by atoms with E-state index in [1.54, 1.807) is 18.3 Å². The van der Waals surface area contributed by atoms with Gasteiger partial charge in [-0.2, -0.15) is 5.10 Å². The SMILES string of the molecule is O=C(N/N=C\c1ccc(Cl)cc1)c1ccc(CN2CCc3ccccc3C2)cc1. The summed E-state index contributed by atoms with van der Waals surface area (Å²) in [6.45, 7) is 2.90. The largest absolute Gasteiger partial charge is 0.294 e. The lowest BCUT2D eigenvalue weighted by atomic mass is 9.99. The number of nitrogens with zero attached hydrogens (tertiary/aromatic N) is 2. The smallest absolute Gasteiger partial charge is 0.271 e. The molecule has 1 aliphatic heterocycles. The van der Waals surface area contributed by atoms with Crippen LogP contribution in [-0.2, 0) is 19.5 Å². The van der Waals surface area contributed by atoms with Gasteiger partial charge in [-0.15, -0.1) is 0 Å². The number of amides is 1. The van der Waals surface area contributed by atoms with Crippen LogP contribution in [-0.4, -0.2) is 23.6 Å². The van der Waals surface area contributed by atoms with Crippen LogP contribution < -0.4 is 5.43 Å². The third-order valence-electron chi connectivity index (χ3n) is 5.08. The minimum absolute atomic E-state index is 0.228. The maximum absolute atomic E-state index is 12.3. The van der Waals surface area contributed by atoms with Gasteiger partial charge >= 0.3 is 0 Å². The number of carbonyl (C=O) groups excluding carboxylic acids is 1. The predicted molar refractivity (Wildman–Crippen MR) is 117 cm³/mol. The third kappa shape index (κ3) is 5.11. The fourth-order valence-electron chi connectivity index (χ4n) is 3.49. The monoisotopic (exact) mass is 403 g/mol. The Labute approximate surface area is 175 Å². The molecule has 0 fully saturated rings. The molecule has 29 heavy (non-hydrogen) atoms. The molecule has 146 valence electrons. The van der Waals surface area contributed by atoms with Crippen molar-refractivity contribution in [2.75, 3.05) is 6.54 Å². The van der Waals surface area contributed by atoms with E-state index in [4.69, 9.17) is 11.6 Å². The van der Waals surface area contributed by atoms with Gasteiger partial charge in [0.1, 0.15) is 0 Å². The Balaban J connectivity index is 1.32. The summed E-state index contributed by atoms with van der Waals surface area (Å²) < 4.78 is 0. The highest BCUT2D eigenvalue weighted by atomic mass is 35.5. The molecule has 0 atom stereocenters. The Hall–Kier alpha value is -2.95. The van der Waals surface area contributed by atoms with Crippen molar-refractivity contribution in [1.29, 1.82) is 0 Å². The molecule has 0 bridgehead atoms. The molecule has 1 aliphatic rings. The fraction of sp³-hybridized carbons (Fsp3) is 0.167. The Morgan fingerprint density at radius 3 is 2.48 bits per heavy atom. The quantitative estimate of drug-likeness (QED) is 0.497. The van der Waals surface area contributed by atoms with Crippen molar-refractivity contribution in [3.63, 3.8) is 0 Å². The highest BCUT2D eigenvalue weighted by Gasteiger charge is 2.15. The molecular formula is C24H22ClN3O. The topological polar surface area (TPSA) is 44.7 Å². The maximum atomic E-state index is 12.3. The number of hydrogen-bond donors (Lipinski definition) is 1. The Morgan fingerprint density at radius 2 is 1.72 bits per heavy atom. The summed E-state index contributed by atoms with van der Waals surface area (Å²) >= 11 is 5.86. The summed E-state index contributed by atoms with van der Waals surface area (Å²) in [5.74, 6) is -0.228. The van der Waals surface area contributed by atoms with E-state index in [9.17, 15) is 4.79 Å². The van der Waals surface area contributed by atoms with Crippen LogP contribution in [0.2, 0.25) is 5.02 Å². The molecule has 0 spiro atoms. The lowest BCUT2D eigenvalue weighted by Gasteiger charge is -2.28. The minimum atomic E-state index is -0.228. The normalized spacial score (nSPS) is 14.0. The standard InChI is InChI=1S/C24H22ClN3O/c25-23-11-7-18(8-12-23)15-26-27-24(29)21-9-5-19(6-10-21)16-28-14-13-20-3-1-2-4-22(20)17-28/h1-12,15H,13-14,16-17H2,(H,27,29)/b26-15-. The van der Waals surface area contributed by atoms with E-state index in [1.165, 1.54) is 16.7 Å². The number of nitrogens with one attached hydrogen (secondary N) is 1. The molecule has 0 saturated carbocycles. The van der Waals surface area contributed by atoms with Gasteiger partial charge in [0.2, 0.25) is 0 Å². The van der Waals surface area contributed by atoms with E-state index in [0.717, 1.165) is 31.6 Å². The molecule has 4 nitrogen and oxygen atoms in total. The zero-order valence-corrected chi connectivity index (χ0v) is 16.8. The van der Waals surface area contributed by atoms with Crippen LogP contribution in [0.15, 0.2) is 77.9 Å². The second kappa shape index (κ2) is 9.03. The number of benzene rings is 3. The van der Waals surface area contributed by atoms with Crippen LogP contribution in [0.25, 0.3) is 0 Å². The molecule has 0 aromatic heterocycles. The number of fused-ring (bicyclic) bond motifs is 1. The van der Waals surface area contributed by atoms with Gasteiger partial charge in [0, 0.05) is 30.2 Å². The average Bonchev–Trinajstić information content (AvgIpc) is 2.75. The molecule has 3 aromatic rings. The summed E-state index contributed by atoms with van der Waals surface area (Å²) in [5.41, 5.74) is 8.08. The van der Waals surface area contributed by atoms with E-state index in [1.807, 2.05) is 36.4 Å². The number of halogens is 1. The van der Waals surface area contributed by atoms with Crippen LogP contribution in [0.5, 0.6) is 0 Å².